The molecule has 4 aliphatic rings. The number of rotatable bonds is 4. The van der Waals surface area contributed by atoms with Gasteiger partial charge in [-0.2, -0.15) is 0 Å². The number of carbonyl (C=O) groups is 1. The molecule has 4 fully saturated rings. The summed E-state index contributed by atoms with van der Waals surface area (Å²) >= 11 is 0. The Kier molecular flexibility index (Phi) is 4.14. The molecule has 3 saturated heterocycles. The number of piperidine rings is 1. The molecular weight excluding hydrogens is 288 g/mol. The molecule has 1 aromatic rings. The fourth-order valence-electron chi connectivity index (χ4n) is 4.69. The Balaban J connectivity index is 1.38. The number of nitrogens with one attached hydrogen (secondary N) is 1. The topological polar surface area (TPSA) is 52.2 Å². The lowest BCUT2D eigenvalue weighted by atomic mass is 9.95. The summed E-state index contributed by atoms with van der Waals surface area (Å²) in [4.78, 5) is 24.8. The van der Waals surface area contributed by atoms with Crippen molar-refractivity contribution in [3.63, 3.8) is 0 Å². The highest BCUT2D eigenvalue weighted by molar-refractivity contribution is 5.80. The first-order valence-corrected chi connectivity index (χ1v) is 9.21. The van der Waals surface area contributed by atoms with Crippen molar-refractivity contribution >= 4 is 5.91 Å². The quantitative estimate of drug-likeness (QED) is 0.926. The maximum atomic E-state index is 12.3. The number of hydrogen-bond donors (Lipinski definition) is 1. The zero-order chi connectivity index (χ0) is 15.8. The van der Waals surface area contributed by atoms with Gasteiger partial charge in [0.05, 0.1) is 5.92 Å². The fourth-order valence-corrected chi connectivity index (χ4v) is 4.69. The second kappa shape index (κ2) is 6.27. The number of carbonyl (C=O) groups excluding carboxylic acids is 1. The van der Waals surface area contributed by atoms with Crippen LogP contribution in [0.2, 0.25) is 0 Å². The van der Waals surface area contributed by atoms with Crippen LogP contribution in [-0.2, 0) is 17.8 Å². The Morgan fingerprint density at radius 2 is 2.04 bits per heavy atom. The van der Waals surface area contributed by atoms with Crippen LogP contribution in [0.15, 0.2) is 6.20 Å². The Hall–Kier alpha value is -1.36. The van der Waals surface area contributed by atoms with E-state index in [1.807, 2.05) is 18.1 Å². The summed E-state index contributed by atoms with van der Waals surface area (Å²) in [5.41, 5.74) is 1.20. The van der Waals surface area contributed by atoms with E-state index in [-0.39, 0.29) is 5.92 Å². The molecule has 5 nitrogen and oxygen atoms in total. The van der Waals surface area contributed by atoms with E-state index in [4.69, 9.17) is 0 Å². The van der Waals surface area contributed by atoms with Crippen LogP contribution in [0, 0.1) is 11.8 Å². The number of H-pyrrole nitrogens is 1. The number of imidazole rings is 1. The normalized spacial score (nSPS) is 29.4. The van der Waals surface area contributed by atoms with Gasteiger partial charge in [0.2, 0.25) is 5.91 Å². The third-order valence-corrected chi connectivity index (χ3v) is 6.07. The molecule has 4 heterocycles. The van der Waals surface area contributed by atoms with Crippen molar-refractivity contribution in [3.8, 4) is 0 Å². The van der Waals surface area contributed by atoms with Crippen LogP contribution in [0.5, 0.6) is 0 Å². The molecule has 5 heteroatoms. The second-order valence-corrected chi connectivity index (χ2v) is 7.78. The van der Waals surface area contributed by atoms with Gasteiger partial charge in [0.1, 0.15) is 5.82 Å². The highest BCUT2D eigenvalue weighted by Gasteiger charge is 2.38. The van der Waals surface area contributed by atoms with Crippen molar-refractivity contribution in [2.45, 2.75) is 57.5 Å². The number of hydrogen-bond acceptors (Lipinski definition) is 3. The summed E-state index contributed by atoms with van der Waals surface area (Å²) < 4.78 is 0. The van der Waals surface area contributed by atoms with Gasteiger partial charge in [0, 0.05) is 51.0 Å². The first-order valence-electron chi connectivity index (χ1n) is 9.21. The van der Waals surface area contributed by atoms with E-state index in [9.17, 15) is 4.79 Å². The van der Waals surface area contributed by atoms with Crippen LogP contribution in [0.3, 0.4) is 0 Å². The summed E-state index contributed by atoms with van der Waals surface area (Å²) in [6.45, 7) is 2.79. The molecule has 1 saturated carbocycles. The van der Waals surface area contributed by atoms with Crippen molar-refractivity contribution in [1.82, 2.24) is 19.8 Å². The number of likely N-dealkylation sites (N-methyl/N-ethyl adjacent to an activating group) is 1. The standard InChI is InChI=1S/C18H28N4O/c1-21-16-7-6-14(18(21)23)10-22(12-16)11-15-9-19-17(20-15)8-13-4-2-3-5-13/h9,13-14,16H,2-8,10-12H2,1H3,(H,19,20)/t14-,16+/m1/s1. The molecular formula is C18H28N4O. The van der Waals surface area contributed by atoms with E-state index >= 15 is 0 Å². The van der Waals surface area contributed by atoms with Gasteiger partial charge in [-0.3, -0.25) is 9.69 Å². The minimum Gasteiger partial charge on any atom is -0.345 e. The van der Waals surface area contributed by atoms with Crippen LogP contribution in [0.1, 0.15) is 50.0 Å². The minimum atomic E-state index is 0.194. The summed E-state index contributed by atoms with van der Waals surface area (Å²) in [6.07, 6.45) is 10.8. The number of amides is 1. The van der Waals surface area contributed by atoms with Crippen molar-refractivity contribution in [3.05, 3.63) is 17.7 Å². The molecule has 2 bridgehead atoms. The third kappa shape index (κ3) is 3.16. The van der Waals surface area contributed by atoms with Gasteiger partial charge in [-0.25, -0.2) is 4.98 Å². The summed E-state index contributed by atoms with van der Waals surface area (Å²) in [5.74, 6) is 2.52. The minimum absolute atomic E-state index is 0.194. The van der Waals surface area contributed by atoms with Crippen LogP contribution < -0.4 is 0 Å². The Morgan fingerprint density at radius 1 is 1.22 bits per heavy atom. The molecule has 1 N–H and O–H groups in total. The molecule has 5 rings (SSSR count). The maximum Gasteiger partial charge on any atom is 0.227 e. The molecule has 1 amide bonds. The van der Waals surface area contributed by atoms with E-state index in [2.05, 4.69) is 14.9 Å². The molecule has 2 atom stereocenters. The second-order valence-electron chi connectivity index (χ2n) is 7.78. The smallest absolute Gasteiger partial charge is 0.227 e. The van der Waals surface area contributed by atoms with E-state index in [0.29, 0.717) is 11.9 Å². The zero-order valence-corrected chi connectivity index (χ0v) is 14.1. The van der Waals surface area contributed by atoms with E-state index in [0.717, 1.165) is 50.6 Å². The first kappa shape index (κ1) is 15.2. The van der Waals surface area contributed by atoms with Gasteiger partial charge >= 0.3 is 0 Å². The average molecular weight is 316 g/mol. The van der Waals surface area contributed by atoms with Crippen molar-refractivity contribution < 1.29 is 4.79 Å². The zero-order valence-electron chi connectivity index (χ0n) is 14.1. The highest BCUT2D eigenvalue weighted by atomic mass is 16.2. The summed E-state index contributed by atoms with van der Waals surface area (Å²) in [5, 5.41) is 0. The Bertz CT molecular complexity index is 563. The molecule has 1 aliphatic carbocycles. The van der Waals surface area contributed by atoms with E-state index in [1.54, 1.807) is 0 Å². The van der Waals surface area contributed by atoms with E-state index in [1.165, 1.54) is 31.4 Å². The lowest BCUT2D eigenvalue weighted by molar-refractivity contribution is -0.138. The number of aromatic amines is 1. The number of nitrogens with zero attached hydrogens (tertiary/aromatic N) is 3. The Labute approximate surface area is 138 Å². The molecule has 3 aliphatic heterocycles. The van der Waals surface area contributed by atoms with Crippen LogP contribution in [0.25, 0.3) is 0 Å². The van der Waals surface area contributed by atoms with Crippen molar-refractivity contribution in [1.29, 1.82) is 0 Å². The molecule has 0 radical (unpaired) electrons. The van der Waals surface area contributed by atoms with Crippen LogP contribution >= 0.6 is 0 Å². The van der Waals surface area contributed by atoms with Gasteiger partial charge in [0.25, 0.3) is 0 Å². The van der Waals surface area contributed by atoms with Crippen LogP contribution in [-0.4, -0.2) is 51.9 Å². The van der Waals surface area contributed by atoms with Crippen LogP contribution in [0.4, 0.5) is 0 Å². The summed E-state index contributed by atoms with van der Waals surface area (Å²) in [7, 11) is 1.97. The van der Waals surface area contributed by atoms with Crippen molar-refractivity contribution in [2.24, 2.45) is 11.8 Å². The maximum absolute atomic E-state index is 12.3. The first-order chi connectivity index (χ1) is 11.2. The highest BCUT2D eigenvalue weighted by Crippen LogP contribution is 2.29. The Morgan fingerprint density at radius 3 is 2.87 bits per heavy atom. The SMILES string of the molecule is CN1C(=O)[C@@H]2CC[C@H]1CN(Cc1cnc(CC3CCCC3)[nH]1)C2. The third-order valence-electron chi connectivity index (χ3n) is 6.07. The molecule has 0 spiro atoms. The molecule has 23 heavy (non-hydrogen) atoms. The van der Waals surface area contributed by atoms with Gasteiger partial charge in [-0.05, 0) is 18.8 Å². The van der Waals surface area contributed by atoms with Gasteiger partial charge in [-0.1, -0.05) is 25.7 Å². The average Bonchev–Trinajstić information content (AvgIpc) is 3.13. The van der Waals surface area contributed by atoms with Crippen molar-refractivity contribution in [2.75, 3.05) is 20.1 Å². The molecule has 126 valence electrons. The molecule has 1 aromatic heterocycles. The molecule has 0 aromatic carbocycles. The summed E-state index contributed by atoms with van der Waals surface area (Å²) in [6, 6.07) is 0.391. The van der Waals surface area contributed by atoms with Gasteiger partial charge < -0.3 is 9.88 Å². The van der Waals surface area contributed by atoms with Gasteiger partial charge in [-0.15, -0.1) is 0 Å². The lowest BCUT2D eigenvalue weighted by Crippen LogP contribution is -2.45. The predicted molar refractivity (Wildman–Crippen MR) is 88.8 cm³/mol. The van der Waals surface area contributed by atoms with Gasteiger partial charge in [0.15, 0.2) is 0 Å². The fraction of sp³-hybridized carbons (Fsp3) is 0.778. The predicted octanol–water partition coefficient (Wildman–Crippen LogP) is 2.19. The van der Waals surface area contributed by atoms with E-state index < -0.39 is 0 Å². The molecule has 0 unspecified atom stereocenters. The number of aromatic nitrogens is 2. The lowest BCUT2D eigenvalue weighted by Gasteiger charge is -2.32. The number of fused-ring (bicyclic) bond motifs is 4. The largest absolute Gasteiger partial charge is 0.345 e. The monoisotopic (exact) mass is 316 g/mol.